The maximum atomic E-state index is 12.1. The highest BCUT2D eigenvalue weighted by Gasteiger charge is 2.28. The van der Waals surface area contributed by atoms with Crippen LogP contribution in [0, 0.1) is 0 Å². The third-order valence-corrected chi connectivity index (χ3v) is 4.95. The Morgan fingerprint density at radius 1 is 1.22 bits per heavy atom. The quantitative estimate of drug-likeness (QED) is 0.511. The molecule has 0 aromatic heterocycles. The van der Waals surface area contributed by atoms with Crippen LogP contribution in [0.2, 0.25) is 0 Å². The third-order valence-electron chi connectivity index (χ3n) is 4.95. The van der Waals surface area contributed by atoms with Gasteiger partial charge in [0.2, 0.25) is 5.91 Å². The van der Waals surface area contributed by atoms with Crippen molar-refractivity contribution in [2.24, 2.45) is 0 Å². The smallest absolute Gasteiger partial charge is 0.306 e. The molecule has 0 saturated carbocycles. The van der Waals surface area contributed by atoms with Crippen LogP contribution in [0.1, 0.15) is 64.7 Å². The molecule has 0 aromatic carbocycles. The van der Waals surface area contributed by atoms with Gasteiger partial charge in [-0.1, -0.05) is 19.8 Å². The van der Waals surface area contributed by atoms with Crippen molar-refractivity contribution in [1.82, 2.24) is 4.90 Å². The molecule has 2 aliphatic rings. The number of quaternary nitrogens is 1. The minimum Gasteiger partial charge on any atom is -0.454 e. The number of rotatable bonds is 9. The number of amides is 1. The van der Waals surface area contributed by atoms with E-state index in [2.05, 4.69) is 6.92 Å². The molecule has 2 fully saturated rings. The summed E-state index contributed by atoms with van der Waals surface area (Å²) in [6.45, 7) is 6.71. The van der Waals surface area contributed by atoms with Gasteiger partial charge >= 0.3 is 5.97 Å². The lowest BCUT2D eigenvalue weighted by molar-refractivity contribution is -0.907. The SMILES string of the molecule is CCCCCC(=O)O[C@H](CN1CCCC1=O)C[NH+]1CCCCC1. The van der Waals surface area contributed by atoms with Crippen LogP contribution in [-0.2, 0) is 14.3 Å². The van der Waals surface area contributed by atoms with E-state index in [-0.39, 0.29) is 18.0 Å². The Hall–Kier alpha value is -1.10. The van der Waals surface area contributed by atoms with E-state index in [0.29, 0.717) is 19.4 Å². The largest absolute Gasteiger partial charge is 0.454 e. The van der Waals surface area contributed by atoms with Crippen molar-refractivity contribution >= 4 is 11.9 Å². The molecule has 132 valence electrons. The summed E-state index contributed by atoms with van der Waals surface area (Å²) in [7, 11) is 0. The van der Waals surface area contributed by atoms with Gasteiger partial charge in [0.05, 0.1) is 19.6 Å². The van der Waals surface area contributed by atoms with E-state index in [0.717, 1.165) is 51.9 Å². The van der Waals surface area contributed by atoms with Crippen molar-refractivity contribution in [2.75, 3.05) is 32.7 Å². The first kappa shape index (κ1) is 18.2. The number of likely N-dealkylation sites (tertiary alicyclic amines) is 2. The second-order valence-electron chi connectivity index (χ2n) is 7.03. The average molecular weight is 325 g/mol. The summed E-state index contributed by atoms with van der Waals surface area (Å²) < 4.78 is 5.76. The van der Waals surface area contributed by atoms with Crippen LogP contribution in [0.4, 0.5) is 0 Å². The van der Waals surface area contributed by atoms with E-state index in [9.17, 15) is 9.59 Å². The molecule has 5 heteroatoms. The lowest BCUT2D eigenvalue weighted by Gasteiger charge is -2.29. The minimum atomic E-state index is -0.140. The first-order valence-corrected chi connectivity index (χ1v) is 9.50. The summed E-state index contributed by atoms with van der Waals surface area (Å²) in [5.41, 5.74) is 0. The Balaban J connectivity index is 1.84. The average Bonchev–Trinajstić information content (AvgIpc) is 2.93. The van der Waals surface area contributed by atoms with Crippen LogP contribution in [0.5, 0.6) is 0 Å². The normalized spacial score (nSPS) is 20.7. The number of ether oxygens (including phenoxy) is 1. The number of hydrogen-bond donors (Lipinski definition) is 1. The van der Waals surface area contributed by atoms with Gasteiger partial charge in [0.1, 0.15) is 6.54 Å². The number of carbonyl (C=O) groups excluding carboxylic acids is 2. The molecule has 0 unspecified atom stereocenters. The van der Waals surface area contributed by atoms with Gasteiger partial charge in [-0.05, 0) is 32.1 Å². The maximum absolute atomic E-state index is 12.1. The Kier molecular flexibility index (Phi) is 7.86. The van der Waals surface area contributed by atoms with Crippen molar-refractivity contribution in [3.8, 4) is 0 Å². The molecule has 23 heavy (non-hydrogen) atoms. The monoisotopic (exact) mass is 325 g/mol. The second-order valence-corrected chi connectivity index (χ2v) is 7.03. The van der Waals surface area contributed by atoms with E-state index in [4.69, 9.17) is 4.74 Å². The van der Waals surface area contributed by atoms with Gasteiger partial charge in [0.25, 0.3) is 0 Å². The van der Waals surface area contributed by atoms with Crippen molar-refractivity contribution in [3.05, 3.63) is 0 Å². The maximum Gasteiger partial charge on any atom is 0.306 e. The van der Waals surface area contributed by atoms with Crippen molar-refractivity contribution in [1.29, 1.82) is 0 Å². The standard InChI is InChI=1S/C18H32N2O3/c1-2-3-5-10-18(22)23-16(14-19-11-6-4-7-12-19)15-20-13-8-9-17(20)21/h16H,2-15H2,1H3/p+1/t16-/m0/s1. The van der Waals surface area contributed by atoms with Crippen molar-refractivity contribution in [3.63, 3.8) is 0 Å². The summed E-state index contributed by atoms with van der Waals surface area (Å²) in [6.07, 6.45) is 8.87. The molecule has 0 aromatic rings. The van der Waals surface area contributed by atoms with Crippen molar-refractivity contribution < 1.29 is 19.2 Å². The molecule has 0 radical (unpaired) electrons. The lowest BCUT2D eigenvalue weighted by atomic mass is 10.1. The molecule has 1 atom stereocenters. The molecule has 1 amide bonds. The van der Waals surface area contributed by atoms with Crippen LogP contribution >= 0.6 is 0 Å². The fourth-order valence-corrected chi connectivity index (χ4v) is 3.63. The number of hydrogen-bond acceptors (Lipinski definition) is 3. The molecule has 2 rings (SSSR count). The molecule has 2 aliphatic heterocycles. The zero-order valence-corrected chi connectivity index (χ0v) is 14.6. The molecule has 0 bridgehead atoms. The molecular formula is C18H33N2O3+. The molecule has 2 saturated heterocycles. The highest BCUT2D eigenvalue weighted by Crippen LogP contribution is 2.12. The van der Waals surface area contributed by atoms with E-state index < -0.39 is 0 Å². The van der Waals surface area contributed by atoms with Crippen LogP contribution in [-0.4, -0.2) is 55.6 Å². The first-order valence-electron chi connectivity index (χ1n) is 9.50. The second kappa shape index (κ2) is 9.91. The molecular weight excluding hydrogens is 292 g/mol. The summed E-state index contributed by atoms with van der Waals surface area (Å²) in [5, 5.41) is 0. The van der Waals surface area contributed by atoms with E-state index in [1.165, 1.54) is 24.2 Å². The molecule has 2 heterocycles. The summed E-state index contributed by atoms with van der Waals surface area (Å²) in [4.78, 5) is 27.4. The van der Waals surface area contributed by atoms with E-state index in [1.54, 1.807) is 0 Å². The number of nitrogens with one attached hydrogen (secondary N) is 1. The highest BCUT2D eigenvalue weighted by molar-refractivity contribution is 5.78. The van der Waals surface area contributed by atoms with Gasteiger partial charge in [0, 0.05) is 19.4 Å². The van der Waals surface area contributed by atoms with Gasteiger partial charge in [-0.25, -0.2) is 0 Å². The molecule has 5 nitrogen and oxygen atoms in total. The predicted octanol–water partition coefficient (Wildman–Crippen LogP) is 1.17. The Morgan fingerprint density at radius 2 is 2.00 bits per heavy atom. The Bertz CT molecular complexity index is 380. The number of esters is 1. The third kappa shape index (κ3) is 6.50. The molecule has 0 aliphatic carbocycles. The minimum absolute atomic E-state index is 0.0912. The zero-order valence-electron chi connectivity index (χ0n) is 14.6. The summed E-state index contributed by atoms with van der Waals surface area (Å²) in [6, 6.07) is 0. The summed E-state index contributed by atoms with van der Waals surface area (Å²) in [5.74, 6) is 0.122. The predicted molar refractivity (Wildman–Crippen MR) is 89.3 cm³/mol. The Labute approximate surface area is 140 Å². The Morgan fingerprint density at radius 3 is 2.65 bits per heavy atom. The van der Waals surface area contributed by atoms with Crippen LogP contribution in [0.3, 0.4) is 0 Å². The van der Waals surface area contributed by atoms with Crippen LogP contribution in [0.25, 0.3) is 0 Å². The fraction of sp³-hybridized carbons (Fsp3) is 0.889. The van der Waals surface area contributed by atoms with Gasteiger partial charge in [0.15, 0.2) is 6.10 Å². The van der Waals surface area contributed by atoms with Gasteiger partial charge < -0.3 is 14.5 Å². The van der Waals surface area contributed by atoms with E-state index in [1.807, 2.05) is 4.90 Å². The van der Waals surface area contributed by atoms with Crippen LogP contribution in [0.15, 0.2) is 0 Å². The number of carbonyl (C=O) groups is 2. The van der Waals surface area contributed by atoms with Gasteiger partial charge in [-0.2, -0.15) is 0 Å². The number of nitrogens with zero attached hydrogens (tertiary/aromatic N) is 1. The first-order chi connectivity index (χ1) is 11.2. The summed E-state index contributed by atoms with van der Waals surface area (Å²) >= 11 is 0. The topological polar surface area (TPSA) is 51.0 Å². The van der Waals surface area contributed by atoms with Crippen molar-refractivity contribution in [2.45, 2.75) is 70.8 Å². The molecule has 1 N–H and O–H groups in total. The molecule has 0 spiro atoms. The number of piperidine rings is 1. The number of unbranched alkanes of at least 4 members (excludes halogenated alkanes) is 2. The fourth-order valence-electron chi connectivity index (χ4n) is 3.63. The van der Waals surface area contributed by atoms with E-state index >= 15 is 0 Å². The van der Waals surface area contributed by atoms with Gasteiger partial charge in [-0.15, -0.1) is 0 Å². The lowest BCUT2D eigenvalue weighted by Crippen LogP contribution is -3.14. The highest BCUT2D eigenvalue weighted by atomic mass is 16.5. The van der Waals surface area contributed by atoms with Gasteiger partial charge in [-0.3, -0.25) is 9.59 Å². The zero-order chi connectivity index (χ0) is 16.5. The van der Waals surface area contributed by atoms with Crippen LogP contribution < -0.4 is 4.90 Å².